The van der Waals surface area contributed by atoms with Crippen molar-refractivity contribution in [1.29, 1.82) is 0 Å². The Morgan fingerprint density at radius 1 is 1.08 bits per heavy atom. The van der Waals surface area contributed by atoms with Crippen molar-refractivity contribution >= 4 is 29.6 Å². The third-order valence-corrected chi connectivity index (χ3v) is 7.54. The van der Waals surface area contributed by atoms with Crippen LogP contribution in [0.1, 0.15) is 42.7 Å². The van der Waals surface area contributed by atoms with Crippen molar-refractivity contribution in [1.82, 2.24) is 4.37 Å². The summed E-state index contributed by atoms with van der Waals surface area (Å²) in [6, 6.07) is 22.0. The zero-order valence-electron chi connectivity index (χ0n) is 21.3. The molecule has 0 aliphatic heterocycles. The number of aromatic nitrogens is 1. The molecule has 38 heavy (non-hydrogen) atoms. The van der Waals surface area contributed by atoms with Crippen LogP contribution in [-0.2, 0) is 14.9 Å². The van der Waals surface area contributed by atoms with E-state index in [0.717, 1.165) is 46.6 Å². The van der Waals surface area contributed by atoms with Crippen LogP contribution in [0.5, 0.6) is 0 Å². The molecule has 9 heteroatoms. The smallest absolute Gasteiger partial charge is 0.870 e. The number of nitrogens with zero attached hydrogens (tertiary/aromatic N) is 1. The monoisotopic (exact) mass is 539 g/mol. The van der Waals surface area contributed by atoms with Crippen LogP contribution in [0.25, 0.3) is 21.6 Å². The van der Waals surface area contributed by atoms with Gasteiger partial charge in [0.05, 0.1) is 16.3 Å². The first-order chi connectivity index (χ1) is 17.4. The third-order valence-electron chi connectivity index (χ3n) is 6.57. The number of amides is 1. The summed E-state index contributed by atoms with van der Waals surface area (Å²) in [6.45, 7) is 3.55. The van der Waals surface area contributed by atoms with E-state index in [1.807, 2.05) is 60.7 Å². The van der Waals surface area contributed by atoms with Gasteiger partial charge >= 0.3 is 35.7 Å². The third kappa shape index (κ3) is 6.06. The molecule has 0 spiro atoms. The van der Waals surface area contributed by atoms with Crippen molar-refractivity contribution in [3.05, 3.63) is 95.4 Å². The fraction of sp³-hybridized carbons (Fsp3) is 0.207. The van der Waals surface area contributed by atoms with E-state index in [4.69, 9.17) is 4.74 Å². The van der Waals surface area contributed by atoms with Gasteiger partial charge in [-0.15, -0.1) is 5.41 Å². The van der Waals surface area contributed by atoms with E-state index >= 15 is 4.39 Å². The standard InChI is InChI=1S/C29H24FN2O3S.Na.H2O/c1-18-26(31-28(34)35-19(2)20-6-4-3-5-7-20)27(36-32-18)24-13-10-22(16-25(24)30)21-8-11-23(12-9-21)29(17-33)14-15-29;;/h3-13,16,19H,14-15H2,1-2H3,(H,31,34);;1H2/q-1;+1;/p-1/t19-;;/m1../s1. The Hall–Kier alpha value is -2.88. The maximum absolute atomic E-state index is 15.3. The molecule has 1 aliphatic rings. The normalized spacial score (nSPS) is 13.9. The number of ether oxygens (including phenoxy) is 1. The van der Waals surface area contributed by atoms with E-state index in [-0.39, 0.29) is 35.0 Å². The molecule has 1 saturated carbocycles. The van der Waals surface area contributed by atoms with Crippen molar-refractivity contribution < 1.29 is 53.7 Å². The molecule has 5 rings (SSSR count). The van der Waals surface area contributed by atoms with Crippen molar-refractivity contribution in [3.8, 4) is 21.6 Å². The second-order valence-electron chi connectivity index (χ2n) is 9.01. The Labute approximate surface area is 247 Å². The predicted molar refractivity (Wildman–Crippen MR) is 141 cm³/mol. The molecule has 6 nitrogen and oxygen atoms in total. The Balaban J connectivity index is 0.00000200. The molecule has 3 aromatic carbocycles. The first-order valence-corrected chi connectivity index (χ1v) is 12.5. The van der Waals surface area contributed by atoms with Crippen molar-refractivity contribution in [2.45, 2.75) is 38.2 Å². The van der Waals surface area contributed by atoms with E-state index in [0.29, 0.717) is 21.8 Å². The second-order valence-corrected chi connectivity index (χ2v) is 9.78. The number of carbonyl (C=O) groups is 1. The average Bonchev–Trinajstić information content (AvgIpc) is 3.63. The first kappa shape index (κ1) is 29.7. The van der Waals surface area contributed by atoms with Gasteiger partial charge in [-0.1, -0.05) is 79.1 Å². The van der Waals surface area contributed by atoms with E-state index < -0.39 is 23.4 Å². The van der Waals surface area contributed by atoms with Gasteiger partial charge in [0.1, 0.15) is 11.9 Å². The fourth-order valence-electron chi connectivity index (χ4n) is 4.22. The van der Waals surface area contributed by atoms with Gasteiger partial charge in [0.15, 0.2) is 0 Å². The number of halogens is 1. The number of hydrogen-bond acceptors (Lipinski definition) is 6. The minimum Gasteiger partial charge on any atom is -0.870 e. The minimum atomic E-state index is -0.631. The summed E-state index contributed by atoms with van der Waals surface area (Å²) < 4.78 is 25.1. The number of benzene rings is 3. The molecule has 2 N–H and O–H groups in total. The topological polar surface area (TPSA) is 98.3 Å². The number of nitrogens with one attached hydrogen (secondary N) is 1. The average molecular weight is 540 g/mol. The molecule has 1 atom stereocenters. The van der Waals surface area contributed by atoms with Gasteiger partial charge in [-0.05, 0) is 54.2 Å². The van der Waals surface area contributed by atoms with Crippen LogP contribution in [0.3, 0.4) is 0 Å². The van der Waals surface area contributed by atoms with Gasteiger partial charge < -0.3 is 15.0 Å². The SMILES string of the molecule is Cc1nsc(-c2ccc(-c3ccc(C4([C-]=O)CC4)cc3)cc2F)c1NC(=O)O[C@H](C)c1ccccc1.[Na+].[OH-]. The van der Waals surface area contributed by atoms with Crippen LogP contribution in [0, 0.1) is 12.7 Å². The maximum atomic E-state index is 15.3. The summed E-state index contributed by atoms with van der Waals surface area (Å²) >= 11 is 1.12. The Kier molecular flexibility index (Phi) is 9.62. The molecule has 1 aliphatic carbocycles. The zero-order chi connectivity index (χ0) is 25.3. The van der Waals surface area contributed by atoms with Crippen molar-refractivity contribution in [2.75, 3.05) is 5.32 Å². The number of aryl methyl sites for hydroxylation is 1. The number of rotatable bonds is 7. The van der Waals surface area contributed by atoms with Gasteiger partial charge in [-0.2, -0.15) is 4.37 Å². The van der Waals surface area contributed by atoms with E-state index in [9.17, 15) is 9.59 Å². The molecule has 190 valence electrons. The summed E-state index contributed by atoms with van der Waals surface area (Å²) in [5.41, 5.74) is 4.29. The summed E-state index contributed by atoms with van der Waals surface area (Å²) in [7, 11) is 0. The van der Waals surface area contributed by atoms with E-state index in [1.54, 1.807) is 19.9 Å². The van der Waals surface area contributed by atoms with Gasteiger partial charge in [-0.3, -0.25) is 11.6 Å². The summed E-state index contributed by atoms with van der Waals surface area (Å²) in [5.74, 6) is -0.422. The van der Waals surface area contributed by atoms with Gasteiger partial charge in [-0.25, -0.2) is 9.18 Å². The molecular formula is C29H25FN2NaO4S-. The van der Waals surface area contributed by atoms with Crippen LogP contribution in [0.4, 0.5) is 14.9 Å². The summed E-state index contributed by atoms with van der Waals surface area (Å²) in [4.78, 5) is 24.4. The van der Waals surface area contributed by atoms with Gasteiger partial charge in [0.2, 0.25) is 0 Å². The van der Waals surface area contributed by atoms with E-state index in [1.165, 1.54) is 6.07 Å². The molecule has 1 aromatic heterocycles. The second kappa shape index (κ2) is 12.3. The summed E-state index contributed by atoms with van der Waals surface area (Å²) in [6.07, 6.45) is 2.72. The fourth-order valence-corrected chi connectivity index (χ4v) is 5.09. The molecule has 1 fully saturated rings. The van der Waals surface area contributed by atoms with E-state index in [2.05, 4.69) is 16.0 Å². The molecule has 1 amide bonds. The number of anilines is 1. The van der Waals surface area contributed by atoms with Crippen LogP contribution in [-0.4, -0.2) is 22.2 Å². The van der Waals surface area contributed by atoms with Crippen LogP contribution < -0.4 is 34.9 Å². The largest absolute Gasteiger partial charge is 1.00 e. The van der Waals surface area contributed by atoms with Gasteiger partial charge in [0.25, 0.3) is 0 Å². The molecule has 0 radical (unpaired) electrons. The van der Waals surface area contributed by atoms with Crippen molar-refractivity contribution in [2.24, 2.45) is 0 Å². The van der Waals surface area contributed by atoms with Crippen LogP contribution in [0.15, 0.2) is 72.8 Å². The predicted octanol–water partition coefficient (Wildman–Crippen LogP) is 4.20. The number of carbonyl (C=O) groups excluding carboxylic acids is 2. The van der Waals surface area contributed by atoms with Crippen LogP contribution in [0.2, 0.25) is 0 Å². The van der Waals surface area contributed by atoms with Crippen LogP contribution >= 0.6 is 11.5 Å². The zero-order valence-corrected chi connectivity index (χ0v) is 24.1. The molecule has 0 bridgehead atoms. The Bertz CT molecular complexity index is 1420. The molecule has 1 heterocycles. The molecule has 0 unspecified atom stereocenters. The Morgan fingerprint density at radius 2 is 1.74 bits per heavy atom. The number of hydrogen-bond donors (Lipinski definition) is 1. The Morgan fingerprint density at radius 3 is 2.34 bits per heavy atom. The molecule has 0 saturated heterocycles. The minimum absolute atomic E-state index is 0. The molecule has 4 aromatic rings. The summed E-state index contributed by atoms with van der Waals surface area (Å²) in [5, 5.41) is 2.75. The molecular weight excluding hydrogens is 514 g/mol. The van der Waals surface area contributed by atoms with Crippen molar-refractivity contribution in [3.63, 3.8) is 0 Å². The maximum Gasteiger partial charge on any atom is 1.00 e. The quantitative estimate of drug-likeness (QED) is 0.280. The van der Waals surface area contributed by atoms with Gasteiger partial charge in [0, 0.05) is 5.56 Å². The first-order valence-electron chi connectivity index (χ1n) is 11.7.